The number of hydrogen-bond acceptors (Lipinski definition) is 4. The number of rotatable bonds is 4. The third-order valence-corrected chi connectivity index (χ3v) is 3.60. The Balaban J connectivity index is 1.57. The van der Waals surface area contributed by atoms with Crippen LogP contribution in [-0.4, -0.2) is 16.3 Å². The molecule has 0 aliphatic rings. The highest BCUT2D eigenvalue weighted by molar-refractivity contribution is 5.85. The van der Waals surface area contributed by atoms with Crippen LogP contribution in [0.4, 0.5) is 10.5 Å². The van der Waals surface area contributed by atoms with Gasteiger partial charge in [0.25, 0.3) is 5.56 Å². The number of carbonyl (C=O) groups is 1. The Morgan fingerprint density at radius 1 is 1.04 bits per heavy atom. The average molecular weight is 335 g/mol. The summed E-state index contributed by atoms with van der Waals surface area (Å²) in [5.41, 5.74) is 3.92. The molecule has 0 unspecified atom stereocenters. The van der Waals surface area contributed by atoms with Crippen LogP contribution in [0.1, 0.15) is 11.1 Å². The van der Waals surface area contributed by atoms with Gasteiger partial charge in [-0.25, -0.2) is 9.89 Å². The molecule has 3 aromatic rings. The zero-order valence-corrected chi connectivity index (χ0v) is 13.7. The summed E-state index contributed by atoms with van der Waals surface area (Å²) in [4.78, 5) is 22.9. The topological polar surface area (TPSA) is 84.1 Å². The molecule has 0 aliphatic carbocycles. The van der Waals surface area contributed by atoms with Crippen LogP contribution >= 0.6 is 0 Å². The monoisotopic (exact) mass is 335 g/mol. The minimum Gasteiger partial charge on any atom is -0.444 e. The van der Waals surface area contributed by atoms with Gasteiger partial charge in [-0.15, -0.1) is 0 Å². The van der Waals surface area contributed by atoms with Crippen molar-refractivity contribution in [2.75, 3.05) is 5.32 Å². The first-order chi connectivity index (χ1) is 12.1. The van der Waals surface area contributed by atoms with E-state index in [1.165, 1.54) is 6.07 Å². The standard InChI is InChI=1S/C19H17N3O3/c1-13-2-4-14(5-3-13)12-25-19(24)20-16-8-6-15(7-9-16)17-10-11-18(23)22-21-17/h2-11H,12H2,1H3,(H,20,24)(H,22,23). The number of aryl methyl sites for hydroxylation is 1. The van der Waals surface area contributed by atoms with Crippen LogP contribution in [0.2, 0.25) is 0 Å². The number of amides is 1. The van der Waals surface area contributed by atoms with Crippen molar-refractivity contribution in [1.29, 1.82) is 0 Å². The molecule has 1 heterocycles. The quantitative estimate of drug-likeness (QED) is 0.764. The number of H-pyrrole nitrogens is 1. The molecule has 6 nitrogen and oxygen atoms in total. The van der Waals surface area contributed by atoms with E-state index in [4.69, 9.17) is 4.74 Å². The van der Waals surface area contributed by atoms with Crippen LogP contribution in [0, 0.1) is 6.92 Å². The normalized spacial score (nSPS) is 10.3. The van der Waals surface area contributed by atoms with Gasteiger partial charge in [0, 0.05) is 17.3 Å². The second kappa shape index (κ2) is 7.44. The van der Waals surface area contributed by atoms with Crippen molar-refractivity contribution in [3.05, 3.63) is 82.1 Å². The number of aromatic nitrogens is 2. The van der Waals surface area contributed by atoms with Gasteiger partial charge in [-0.2, -0.15) is 5.10 Å². The Hall–Kier alpha value is -3.41. The Labute approximate surface area is 144 Å². The first-order valence-corrected chi connectivity index (χ1v) is 7.76. The summed E-state index contributed by atoms with van der Waals surface area (Å²) in [5, 5.41) is 9.02. The molecule has 0 aliphatic heterocycles. The number of benzene rings is 2. The number of aromatic amines is 1. The maximum Gasteiger partial charge on any atom is 0.411 e. The lowest BCUT2D eigenvalue weighted by molar-refractivity contribution is 0.155. The molecule has 0 spiro atoms. The molecule has 1 amide bonds. The maximum atomic E-state index is 11.9. The lowest BCUT2D eigenvalue weighted by atomic mass is 10.1. The van der Waals surface area contributed by atoms with Crippen LogP contribution < -0.4 is 10.9 Å². The predicted octanol–water partition coefficient (Wildman–Crippen LogP) is 3.49. The molecule has 0 bridgehead atoms. The van der Waals surface area contributed by atoms with Gasteiger partial charge in [0.1, 0.15) is 6.61 Å². The van der Waals surface area contributed by atoms with Crippen molar-refractivity contribution < 1.29 is 9.53 Å². The number of anilines is 1. The van der Waals surface area contributed by atoms with Gasteiger partial charge in [0.15, 0.2) is 0 Å². The molecule has 0 saturated heterocycles. The highest BCUT2D eigenvalue weighted by atomic mass is 16.5. The molecular weight excluding hydrogens is 318 g/mol. The summed E-state index contributed by atoms with van der Waals surface area (Å²) >= 11 is 0. The molecule has 0 atom stereocenters. The zero-order chi connectivity index (χ0) is 17.6. The lowest BCUT2D eigenvalue weighted by Crippen LogP contribution is -2.13. The Morgan fingerprint density at radius 2 is 1.76 bits per heavy atom. The molecule has 0 saturated carbocycles. The van der Waals surface area contributed by atoms with Crippen molar-refractivity contribution in [2.24, 2.45) is 0 Å². The molecule has 0 radical (unpaired) electrons. The van der Waals surface area contributed by atoms with E-state index >= 15 is 0 Å². The smallest absolute Gasteiger partial charge is 0.411 e. The molecule has 6 heteroatoms. The highest BCUT2D eigenvalue weighted by Gasteiger charge is 2.05. The van der Waals surface area contributed by atoms with E-state index in [0.717, 1.165) is 16.7 Å². The second-order valence-electron chi connectivity index (χ2n) is 5.57. The second-order valence-corrected chi connectivity index (χ2v) is 5.57. The fourth-order valence-corrected chi connectivity index (χ4v) is 2.22. The molecule has 1 aromatic heterocycles. The Kier molecular flexibility index (Phi) is 4.89. The van der Waals surface area contributed by atoms with E-state index in [-0.39, 0.29) is 12.2 Å². The van der Waals surface area contributed by atoms with Gasteiger partial charge in [-0.1, -0.05) is 42.0 Å². The van der Waals surface area contributed by atoms with Crippen molar-refractivity contribution in [3.63, 3.8) is 0 Å². The van der Waals surface area contributed by atoms with Crippen LogP contribution in [-0.2, 0) is 11.3 Å². The molecule has 3 rings (SSSR count). The van der Waals surface area contributed by atoms with Gasteiger partial charge < -0.3 is 4.74 Å². The van der Waals surface area contributed by atoms with E-state index < -0.39 is 6.09 Å². The molecule has 2 aromatic carbocycles. The summed E-state index contributed by atoms with van der Waals surface area (Å²) in [6, 6.07) is 17.9. The summed E-state index contributed by atoms with van der Waals surface area (Å²) in [7, 11) is 0. The number of ether oxygens (including phenoxy) is 1. The zero-order valence-electron chi connectivity index (χ0n) is 13.7. The van der Waals surface area contributed by atoms with Gasteiger partial charge in [0.05, 0.1) is 5.69 Å². The highest BCUT2D eigenvalue weighted by Crippen LogP contribution is 2.18. The summed E-state index contributed by atoms with van der Waals surface area (Å²) in [5.74, 6) is 0. The van der Waals surface area contributed by atoms with E-state index in [1.807, 2.05) is 31.2 Å². The van der Waals surface area contributed by atoms with E-state index in [2.05, 4.69) is 15.5 Å². The van der Waals surface area contributed by atoms with E-state index in [1.54, 1.807) is 30.3 Å². The van der Waals surface area contributed by atoms with E-state index in [0.29, 0.717) is 11.4 Å². The van der Waals surface area contributed by atoms with Gasteiger partial charge >= 0.3 is 6.09 Å². The Bertz CT molecular complexity index is 895. The minimum absolute atomic E-state index is 0.214. The minimum atomic E-state index is -0.518. The third-order valence-electron chi connectivity index (χ3n) is 3.60. The summed E-state index contributed by atoms with van der Waals surface area (Å²) in [6.07, 6.45) is -0.518. The third kappa shape index (κ3) is 4.54. The predicted molar refractivity (Wildman–Crippen MR) is 95.3 cm³/mol. The lowest BCUT2D eigenvalue weighted by Gasteiger charge is -2.08. The maximum absolute atomic E-state index is 11.9. The van der Waals surface area contributed by atoms with Crippen molar-refractivity contribution >= 4 is 11.8 Å². The Morgan fingerprint density at radius 3 is 2.40 bits per heavy atom. The SMILES string of the molecule is Cc1ccc(COC(=O)Nc2ccc(-c3ccc(=O)[nH]n3)cc2)cc1. The number of hydrogen-bond donors (Lipinski definition) is 2. The van der Waals surface area contributed by atoms with Gasteiger partial charge in [-0.3, -0.25) is 10.1 Å². The average Bonchev–Trinajstić information content (AvgIpc) is 2.63. The number of nitrogens with one attached hydrogen (secondary N) is 2. The van der Waals surface area contributed by atoms with Crippen molar-refractivity contribution in [2.45, 2.75) is 13.5 Å². The first kappa shape index (κ1) is 16.4. The summed E-state index contributed by atoms with van der Waals surface area (Å²) in [6.45, 7) is 2.22. The van der Waals surface area contributed by atoms with Crippen LogP contribution in [0.3, 0.4) is 0 Å². The van der Waals surface area contributed by atoms with Crippen LogP contribution in [0.15, 0.2) is 65.5 Å². The molecular formula is C19H17N3O3. The fraction of sp³-hybridized carbons (Fsp3) is 0.105. The fourth-order valence-electron chi connectivity index (χ4n) is 2.22. The number of nitrogens with zero attached hydrogens (tertiary/aromatic N) is 1. The largest absolute Gasteiger partial charge is 0.444 e. The van der Waals surface area contributed by atoms with Gasteiger partial charge in [-0.05, 0) is 30.7 Å². The van der Waals surface area contributed by atoms with Crippen molar-refractivity contribution in [1.82, 2.24) is 10.2 Å². The summed E-state index contributed by atoms with van der Waals surface area (Å²) < 4.78 is 5.20. The molecule has 25 heavy (non-hydrogen) atoms. The molecule has 2 N–H and O–H groups in total. The first-order valence-electron chi connectivity index (χ1n) is 7.76. The van der Waals surface area contributed by atoms with Crippen LogP contribution in [0.25, 0.3) is 11.3 Å². The molecule has 126 valence electrons. The van der Waals surface area contributed by atoms with Crippen LogP contribution in [0.5, 0.6) is 0 Å². The van der Waals surface area contributed by atoms with Crippen molar-refractivity contribution in [3.8, 4) is 11.3 Å². The van der Waals surface area contributed by atoms with E-state index in [9.17, 15) is 9.59 Å². The van der Waals surface area contributed by atoms with Gasteiger partial charge in [0.2, 0.25) is 0 Å². The number of carbonyl (C=O) groups excluding carboxylic acids is 1. The molecule has 0 fully saturated rings.